The lowest BCUT2D eigenvalue weighted by molar-refractivity contribution is 0.00578. The van der Waals surface area contributed by atoms with Gasteiger partial charge in [-0.3, -0.25) is 0 Å². The molecule has 33 heteroatoms. The van der Waals surface area contributed by atoms with E-state index in [0.29, 0.717) is 87.5 Å². The Bertz CT molecular complexity index is 4380. The van der Waals surface area contributed by atoms with Crippen LogP contribution >= 0.6 is 31.9 Å². The molecule has 556 valence electrons. The van der Waals surface area contributed by atoms with Crippen molar-refractivity contribution in [3.63, 3.8) is 0 Å². The van der Waals surface area contributed by atoms with Gasteiger partial charge in [-0.15, -0.1) is 0 Å². The molecule has 0 radical (unpaired) electrons. The number of carbonyl (C=O) groups excluding carboxylic acids is 4. The van der Waals surface area contributed by atoms with Crippen LogP contribution in [0, 0.1) is 0 Å². The zero-order valence-electron chi connectivity index (χ0n) is 61.9. The molecule has 0 spiro atoms. The van der Waals surface area contributed by atoms with Crippen molar-refractivity contribution in [1.82, 2.24) is 78.0 Å². The number of nitrogen functional groups attached to an aromatic ring is 4. The van der Waals surface area contributed by atoms with E-state index in [1.807, 2.05) is 174 Å². The quantitative estimate of drug-likeness (QED) is 0.0939. The smallest absolute Gasteiger partial charge is 0.444 e. The minimum Gasteiger partial charge on any atom is -0.444 e. The van der Waals surface area contributed by atoms with Crippen LogP contribution in [-0.2, 0) is 28.3 Å². The number of nitrogens with zero attached hydrogens (tertiary/aromatic N) is 16. The van der Waals surface area contributed by atoms with Gasteiger partial charge in [-0.1, -0.05) is 12.2 Å². The third kappa shape index (κ3) is 19.9. The molecule has 8 N–H and O–H groups in total. The van der Waals surface area contributed by atoms with Crippen LogP contribution in [0.15, 0.2) is 94.5 Å². The summed E-state index contributed by atoms with van der Waals surface area (Å²) in [5, 5.41) is 16.9. The lowest BCUT2D eigenvalue weighted by Gasteiger charge is -2.33. The van der Waals surface area contributed by atoms with Gasteiger partial charge >= 0.3 is 31.5 Å². The van der Waals surface area contributed by atoms with Crippen LogP contribution < -0.4 is 22.9 Å². The van der Waals surface area contributed by atoms with Gasteiger partial charge < -0.3 is 70.8 Å². The van der Waals surface area contributed by atoms with Crippen molar-refractivity contribution in [2.45, 2.75) is 195 Å². The van der Waals surface area contributed by atoms with Crippen molar-refractivity contribution in [1.29, 1.82) is 0 Å². The number of fused-ring (bicyclic) bond motifs is 4. The predicted molar refractivity (Wildman–Crippen MR) is 402 cm³/mol. The molecule has 0 unspecified atom stereocenters. The number of carbonyl (C=O) groups is 4. The van der Waals surface area contributed by atoms with Crippen LogP contribution in [0.1, 0.15) is 178 Å². The molecule has 5 aliphatic rings. The zero-order chi connectivity index (χ0) is 75.3. The summed E-state index contributed by atoms with van der Waals surface area (Å²) in [5.74, 6) is 2.55. The van der Waals surface area contributed by atoms with E-state index in [0.717, 1.165) is 97.8 Å². The second kappa shape index (κ2) is 31.6. The molecular weight excluding hydrogens is 1450 g/mol. The van der Waals surface area contributed by atoms with E-state index in [-0.39, 0.29) is 42.7 Å². The van der Waals surface area contributed by atoms with Gasteiger partial charge in [0, 0.05) is 80.1 Å². The van der Waals surface area contributed by atoms with E-state index < -0.39 is 22.4 Å². The Morgan fingerprint density at radius 3 is 1.31 bits per heavy atom. The highest BCUT2D eigenvalue weighted by molar-refractivity contribution is 9.10. The summed E-state index contributed by atoms with van der Waals surface area (Å²) in [6, 6.07) is 13.7. The van der Waals surface area contributed by atoms with Crippen molar-refractivity contribution >= 4 is 114 Å². The molecule has 103 heavy (non-hydrogen) atoms. The number of likely N-dealkylation sites (tertiary alicyclic amines) is 2. The maximum Gasteiger partial charge on any atom is 0.490 e. The Balaban J connectivity index is 0.000000152. The van der Waals surface area contributed by atoms with Gasteiger partial charge in [0.05, 0.1) is 16.9 Å². The number of anilines is 4. The normalized spacial score (nSPS) is 17.4. The van der Waals surface area contributed by atoms with E-state index in [9.17, 15) is 19.2 Å². The minimum atomic E-state index is -0.479. The Morgan fingerprint density at radius 1 is 0.476 bits per heavy atom. The number of rotatable bonds is 4. The predicted octanol–water partition coefficient (Wildman–Crippen LogP) is 12.2. The molecule has 13 heterocycles. The van der Waals surface area contributed by atoms with Gasteiger partial charge in [-0.2, -0.15) is 20.4 Å². The lowest BCUT2D eigenvalue weighted by Crippen LogP contribution is -2.41. The molecule has 0 aliphatic carbocycles. The molecule has 4 amide bonds. The van der Waals surface area contributed by atoms with Gasteiger partial charge in [0.1, 0.15) is 74.4 Å². The largest absolute Gasteiger partial charge is 0.490 e. The summed E-state index contributed by atoms with van der Waals surface area (Å²) in [7, 11) is -0.314. The number of ether oxygens (including phenoxy) is 4. The first kappa shape index (κ1) is 78.3. The van der Waals surface area contributed by atoms with Crippen LogP contribution in [0.4, 0.5) is 42.4 Å². The van der Waals surface area contributed by atoms with Crippen molar-refractivity contribution < 1.29 is 47.4 Å². The molecule has 8 aromatic rings. The Hall–Kier alpha value is -8.82. The Kier molecular flexibility index (Phi) is 24.1. The number of piperidine rings is 2. The number of amides is 4. The maximum absolute atomic E-state index is 12.2. The first-order chi connectivity index (χ1) is 48.2. The average molecular weight is 1550 g/mol. The number of nitrogens with two attached hydrogens (primary N) is 4. The van der Waals surface area contributed by atoms with Crippen molar-refractivity contribution in [3.8, 4) is 0 Å². The summed E-state index contributed by atoms with van der Waals surface area (Å²) < 4.78 is 42.7. The van der Waals surface area contributed by atoms with Crippen LogP contribution in [0.25, 0.3) is 27.6 Å². The summed E-state index contributed by atoms with van der Waals surface area (Å²) in [4.78, 5) is 71.3. The van der Waals surface area contributed by atoms with Gasteiger partial charge in [0.2, 0.25) is 0 Å². The van der Waals surface area contributed by atoms with Gasteiger partial charge in [-0.25, -0.2) is 57.2 Å². The van der Waals surface area contributed by atoms with Crippen LogP contribution in [0.5, 0.6) is 0 Å². The highest BCUT2D eigenvalue weighted by atomic mass is 79.9. The fraction of sp³-hybridized carbons (Fsp3) is 0.543. The molecule has 3 saturated heterocycles. The molecule has 5 aliphatic heterocycles. The van der Waals surface area contributed by atoms with Crippen LogP contribution in [0.2, 0.25) is 0 Å². The Labute approximate surface area is 617 Å². The van der Waals surface area contributed by atoms with E-state index in [1.54, 1.807) is 28.6 Å². The SMILES string of the molecule is CC(C)(C)OC(=O)N1CC=C(B2OC(C)(C)C(C)(C)O2)CC1.CC(C)(C)OC(=O)N1CC=C(c2ccc3c(N)ncnn23)CC1.CC(C)(C)OC(=O)N1CCC(c2cc(Br)c3c(N)ncnn23)CC1.CC(C)(C)OC(=O)N1CCC(c2ccc3c(N)ncnn23)CC1.Nc1ncnn2c(Br)ccc12. The number of hydrogen-bond acceptors (Lipinski definition) is 22. The topological polar surface area (TPSA) is 361 Å². The van der Waals surface area contributed by atoms with Crippen molar-refractivity contribution in [3.05, 3.63) is 112 Å². The van der Waals surface area contributed by atoms with Crippen molar-refractivity contribution in [2.24, 2.45) is 0 Å². The molecule has 3 fully saturated rings. The number of hydrogen-bond donors (Lipinski definition) is 4. The maximum atomic E-state index is 12.2. The first-order valence-electron chi connectivity index (χ1n) is 34.5. The monoisotopic (exact) mass is 1550 g/mol. The third-order valence-electron chi connectivity index (χ3n) is 17.8. The second-order valence-corrected chi connectivity index (χ2v) is 32.4. The highest BCUT2D eigenvalue weighted by Gasteiger charge is 2.52. The molecule has 13 rings (SSSR count). The fourth-order valence-electron chi connectivity index (χ4n) is 11.9. The molecule has 30 nitrogen and oxygen atoms in total. The van der Waals surface area contributed by atoms with E-state index >= 15 is 0 Å². The van der Waals surface area contributed by atoms with E-state index in [1.165, 1.54) is 25.3 Å². The highest BCUT2D eigenvalue weighted by Crippen LogP contribution is 2.40. The minimum absolute atomic E-state index is 0.234. The van der Waals surface area contributed by atoms with E-state index in [2.05, 4.69) is 72.2 Å². The van der Waals surface area contributed by atoms with E-state index in [4.69, 9.17) is 51.2 Å². The number of aromatic nitrogens is 12. The lowest BCUT2D eigenvalue weighted by atomic mass is 9.75. The average Bonchev–Trinajstić information content (AvgIpc) is 1.65. The molecule has 8 aromatic heterocycles. The van der Waals surface area contributed by atoms with Gasteiger partial charge in [0.15, 0.2) is 23.3 Å². The van der Waals surface area contributed by atoms with Crippen LogP contribution in [0.3, 0.4) is 0 Å². The third-order valence-corrected chi connectivity index (χ3v) is 19.0. The summed E-state index contributed by atoms with van der Waals surface area (Å²) in [6.07, 6.45) is 13.8. The fourth-order valence-corrected chi connectivity index (χ4v) is 12.9. The second-order valence-electron chi connectivity index (χ2n) is 30.7. The standard InChI is InChI=1S/C16H28BNO4.C16H22BrN5O2.C16H23N5O2.C16H21N5O2.C6H5BrN4/c1-14(2,3)20-13(19)18-10-8-12(9-11-18)17-21-15(4,5)16(6,7)22-17;1-16(2,3)24-15(23)21-6-4-10(5-7-21)12-8-11(17)13-14(18)19-9-20-22(12)13;2*1-16(2,3)23-15(22)20-8-6-11(7-9-20)12-4-5-13-14(17)18-10-19-21(12)13;7-5-2-1-4-6(8)9-3-10-11(4)5/h8H,9-11H2,1-7H3;8-10H,4-7H2,1-3H3,(H2,18,19,20);4-5,10-11H,6-9H2,1-3H3,(H2,17,18,19);4-6,10H,7-9H2,1-3H3,(H2,17,18,19);1-3H,(H2,8,9,10). The summed E-state index contributed by atoms with van der Waals surface area (Å²) in [5.41, 5.74) is 29.4. The van der Waals surface area contributed by atoms with Gasteiger partial charge in [0.25, 0.3) is 0 Å². The van der Waals surface area contributed by atoms with Crippen molar-refractivity contribution in [2.75, 3.05) is 75.3 Å². The summed E-state index contributed by atoms with van der Waals surface area (Å²) in [6.45, 7) is 35.7. The summed E-state index contributed by atoms with van der Waals surface area (Å²) >= 11 is 6.86. The number of halogens is 2. The first-order valence-corrected chi connectivity index (χ1v) is 36.1. The molecule has 0 aromatic carbocycles. The van der Waals surface area contributed by atoms with Gasteiger partial charge in [-0.05, 0) is 235 Å². The molecule has 0 atom stereocenters. The zero-order valence-corrected chi connectivity index (χ0v) is 65.1. The molecular formula is C70H99BBr2N20O10. The Morgan fingerprint density at radius 2 is 0.864 bits per heavy atom. The van der Waals surface area contributed by atoms with Crippen LogP contribution in [-0.4, -0.2) is 195 Å². The molecule has 0 bridgehead atoms. The molecule has 0 saturated carbocycles.